The molecule has 3 rings (SSSR count). The molecule has 1 saturated heterocycles. The SMILES string of the molecule is Cc1cc(N2CC(C)CC(C)C2)nc2ccccc12. The van der Waals surface area contributed by atoms with Gasteiger partial charge in [0.1, 0.15) is 5.82 Å². The van der Waals surface area contributed by atoms with E-state index in [9.17, 15) is 0 Å². The number of benzene rings is 1. The smallest absolute Gasteiger partial charge is 0.129 e. The highest BCUT2D eigenvalue weighted by atomic mass is 15.2. The lowest BCUT2D eigenvalue weighted by Crippen LogP contribution is -2.39. The third-order valence-corrected chi connectivity index (χ3v) is 4.10. The van der Waals surface area contributed by atoms with E-state index < -0.39 is 0 Å². The molecule has 0 spiro atoms. The second kappa shape index (κ2) is 4.84. The molecule has 2 heteroatoms. The Morgan fingerprint density at radius 3 is 2.53 bits per heavy atom. The number of fused-ring (bicyclic) bond motifs is 1. The van der Waals surface area contributed by atoms with Crippen LogP contribution in [0.15, 0.2) is 30.3 Å². The molecule has 0 N–H and O–H groups in total. The van der Waals surface area contributed by atoms with E-state index in [1.54, 1.807) is 0 Å². The molecule has 2 aromatic rings. The number of anilines is 1. The molecule has 19 heavy (non-hydrogen) atoms. The second-order valence-corrected chi connectivity index (χ2v) is 6.17. The summed E-state index contributed by atoms with van der Waals surface area (Å²) in [5.41, 5.74) is 2.44. The Balaban J connectivity index is 2.00. The van der Waals surface area contributed by atoms with E-state index in [1.807, 2.05) is 0 Å². The van der Waals surface area contributed by atoms with Crippen molar-refractivity contribution in [2.24, 2.45) is 11.8 Å². The Hall–Kier alpha value is -1.57. The van der Waals surface area contributed by atoms with Gasteiger partial charge in [0.25, 0.3) is 0 Å². The maximum atomic E-state index is 4.85. The first-order chi connectivity index (χ1) is 9.13. The molecule has 0 radical (unpaired) electrons. The minimum absolute atomic E-state index is 0.761. The lowest BCUT2D eigenvalue weighted by atomic mass is 9.92. The summed E-state index contributed by atoms with van der Waals surface area (Å²) in [4.78, 5) is 7.31. The van der Waals surface area contributed by atoms with Gasteiger partial charge in [0.2, 0.25) is 0 Å². The summed E-state index contributed by atoms with van der Waals surface area (Å²) in [7, 11) is 0. The van der Waals surface area contributed by atoms with Crippen molar-refractivity contribution in [1.29, 1.82) is 0 Å². The van der Waals surface area contributed by atoms with Crippen molar-refractivity contribution in [3.8, 4) is 0 Å². The number of rotatable bonds is 1. The molecule has 1 fully saturated rings. The minimum Gasteiger partial charge on any atom is -0.356 e. The Kier molecular flexibility index (Phi) is 3.17. The predicted molar refractivity (Wildman–Crippen MR) is 81.6 cm³/mol. The van der Waals surface area contributed by atoms with Gasteiger partial charge in [0.15, 0.2) is 0 Å². The molecule has 2 heterocycles. The highest BCUT2D eigenvalue weighted by Gasteiger charge is 2.23. The summed E-state index contributed by atoms with van der Waals surface area (Å²) in [6, 6.07) is 10.7. The molecule has 2 unspecified atom stereocenters. The average Bonchev–Trinajstić information content (AvgIpc) is 2.37. The predicted octanol–water partition coefficient (Wildman–Crippen LogP) is 4.03. The zero-order chi connectivity index (χ0) is 13.4. The van der Waals surface area contributed by atoms with Gasteiger partial charge in [-0.2, -0.15) is 0 Å². The van der Waals surface area contributed by atoms with E-state index in [1.165, 1.54) is 17.4 Å². The zero-order valence-corrected chi connectivity index (χ0v) is 12.1. The van der Waals surface area contributed by atoms with E-state index in [4.69, 9.17) is 4.98 Å². The Morgan fingerprint density at radius 1 is 1.11 bits per heavy atom. The van der Waals surface area contributed by atoms with Crippen LogP contribution < -0.4 is 4.90 Å². The third kappa shape index (κ3) is 2.44. The van der Waals surface area contributed by atoms with Crippen LogP contribution in [0.1, 0.15) is 25.8 Å². The second-order valence-electron chi connectivity index (χ2n) is 6.17. The minimum atomic E-state index is 0.761. The summed E-state index contributed by atoms with van der Waals surface area (Å²) in [5, 5.41) is 1.27. The normalized spacial score (nSPS) is 23.8. The summed E-state index contributed by atoms with van der Waals surface area (Å²) in [5.74, 6) is 2.67. The first-order valence-electron chi connectivity index (χ1n) is 7.25. The van der Waals surface area contributed by atoms with Gasteiger partial charge in [-0.3, -0.25) is 0 Å². The number of aromatic nitrogens is 1. The average molecular weight is 254 g/mol. The molecule has 1 aromatic carbocycles. The molecule has 0 bridgehead atoms. The van der Waals surface area contributed by atoms with E-state index in [2.05, 4.69) is 56.0 Å². The summed E-state index contributed by atoms with van der Waals surface area (Å²) in [6.07, 6.45) is 1.34. The van der Waals surface area contributed by atoms with Crippen LogP contribution in [0, 0.1) is 18.8 Å². The monoisotopic (exact) mass is 254 g/mol. The van der Waals surface area contributed by atoms with Crippen molar-refractivity contribution in [2.45, 2.75) is 27.2 Å². The third-order valence-electron chi connectivity index (χ3n) is 4.10. The van der Waals surface area contributed by atoms with Gasteiger partial charge in [-0.15, -0.1) is 0 Å². The van der Waals surface area contributed by atoms with Crippen LogP contribution >= 0.6 is 0 Å². The number of hydrogen-bond acceptors (Lipinski definition) is 2. The van der Waals surface area contributed by atoms with Crippen LogP contribution in [-0.2, 0) is 0 Å². The van der Waals surface area contributed by atoms with Gasteiger partial charge in [-0.05, 0) is 42.9 Å². The number of para-hydroxylation sites is 1. The molecule has 0 saturated carbocycles. The van der Waals surface area contributed by atoms with Crippen molar-refractivity contribution in [3.05, 3.63) is 35.9 Å². The Labute approximate surface area is 115 Å². The molecule has 2 atom stereocenters. The van der Waals surface area contributed by atoms with Gasteiger partial charge in [-0.25, -0.2) is 4.98 Å². The fourth-order valence-corrected chi connectivity index (χ4v) is 3.34. The highest BCUT2D eigenvalue weighted by molar-refractivity contribution is 5.83. The first-order valence-corrected chi connectivity index (χ1v) is 7.25. The van der Waals surface area contributed by atoms with Crippen LogP contribution in [0.3, 0.4) is 0 Å². The maximum absolute atomic E-state index is 4.85. The number of nitrogens with zero attached hydrogens (tertiary/aromatic N) is 2. The highest BCUT2D eigenvalue weighted by Crippen LogP contribution is 2.28. The number of piperidine rings is 1. The van der Waals surface area contributed by atoms with Crippen LogP contribution in [0.5, 0.6) is 0 Å². The number of aryl methyl sites for hydroxylation is 1. The van der Waals surface area contributed by atoms with Crippen LogP contribution in [0.2, 0.25) is 0 Å². The lowest BCUT2D eigenvalue weighted by Gasteiger charge is -2.36. The largest absolute Gasteiger partial charge is 0.356 e. The molecule has 1 aromatic heterocycles. The van der Waals surface area contributed by atoms with Crippen LogP contribution in [0.4, 0.5) is 5.82 Å². The van der Waals surface area contributed by atoms with Gasteiger partial charge in [0.05, 0.1) is 5.52 Å². The van der Waals surface area contributed by atoms with Gasteiger partial charge >= 0.3 is 0 Å². The van der Waals surface area contributed by atoms with E-state index in [0.29, 0.717) is 0 Å². The standard InChI is InChI=1S/C17H22N2/c1-12-8-13(2)11-19(10-12)17-9-14(3)15-6-4-5-7-16(15)18-17/h4-7,9,12-13H,8,10-11H2,1-3H3. The number of pyridine rings is 1. The van der Waals surface area contributed by atoms with Crippen molar-refractivity contribution in [3.63, 3.8) is 0 Å². The van der Waals surface area contributed by atoms with Crippen LogP contribution in [0.25, 0.3) is 10.9 Å². The summed E-state index contributed by atoms with van der Waals surface area (Å²) in [6.45, 7) is 9.14. The Bertz CT molecular complexity index is 581. The van der Waals surface area contributed by atoms with Crippen molar-refractivity contribution in [2.75, 3.05) is 18.0 Å². The molecule has 100 valence electrons. The van der Waals surface area contributed by atoms with Gasteiger partial charge in [-0.1, -0.05) is 32.0 Å². The number of hydrogen-bond donors (Lipinski definition) is 0. The molecule has 1 aliphatic heterocycles. The molecule has 2 nitrogen and oxygen atoms in total. The topological polar surface area (TPSA) is 16.1 Å². The van der Waals surface area contributed by atoms with Crippen LogP contribution in [-0.4, -0.2) is 18.1 Å². The fraction of sp³-hybridized carbons (Fsp3) is 0.471. The van der Waals surface area contributed by atoms with Crippen molar-refractivity contribution >= 4 is 16.7 Å². The Morgan fingerprint density at radius 2 is 1.79 bits per heavy atom. The first kappa shape index (κ1) is 12.5. The molecular weight excluding hydrogens is 232 g/mol. The van der Waals surface area contributed by atoms with E-state index >= 15 is 0 Å². The summed E-state index contributed by atoms with van der Waals surface area (Å²) >= 11 is 0. The van der Waals surface area contributed by atoms with Gasteiger partial charge in [0, 0.05) is 18.5 Å². The molecule has 0 amide bonds. The quantitative estimate of drug-likeness (QED) is 0.764. The van der Waals surface area contributed by atoms with E-state index in [0.717, 1.165) is 36.3 Å². The molecule has 0 aliphatic carbocycles. The zero-order valence-electron chi connectivity index (χ0n) is 12.1. The lowest BCUT2D eigenvalue weighted by molar-refractivity contribution is 0.355. The van der Waals surface area contributed by atoms with Crippen molar-refractivity contribution in [1.82, 2.24) is 4.98 Å². The van der Waals surface area contributed by atoms with E-state index in [-0.39, 0.29) is 0 Å². The summed E-state index contributed by atoms with van der Waals surface area (Å²) < 4.78 is 0. The maximum Gasteiger partial charge on any atom is 0.129 e. The molecule has 1 aliphatic rings. The van der Waals surface area contributed by atoms with Crippen molar-refractivity contribution < 1.29 is 0 Å². The fourth-order valence-electron chi connectivity index (χ4n) is 3.34. The molecular formula is C17H22N2. The van der Waals surface area contributed by atoms with Gasteiger partial charge < -0.3 is 4.90 Å².